The molecule has 1 aliphatic heterocycles. The van der Waals surface area contributed by atoms with E-state index in [4.69, 9.17) is 14.2 Å². The quantitative estimate of drug-likeness (QED) is 0.195. The molecule has 1 aromatic rings. The smallest absolute Gasteiger partial charge is 0.339 e. The van der Waals surface area contributed by atoms with E-state index in [9.17, 15) is 39.9 Å². The number of rotatable bonds is 4. The molecule has 1 saturated heterocycles. The van der Waals surface area contributed by atoms with E-state index in [0.717, 1.165) is 6.92 Å². The molecule has 0 spiro atoms. The van der Waals surface area contributed by atoms with Gasteiger partial charge in [0.15, 0.2) is 5.60 Å². The molecule has 2 bridgehead atoms. The average Bonchev–Trinajstić information content (AvgIpc) is 3.08. The first-order valence-electron chi connectivity index (χ1n) is 13.8. The van der Waals surface area contributed by atoms with Crippen molar-refractivity contribution >= 4 is 17.9 Å². The molecular formula is C30H38O11. The minimum Gasteiger partial charge on any atom is -0.459 e. The summed E-state index contributed by atoms with van der Waals surface area (Å²) in [6.07, 6.45) is -6.73. The number of hydrogen-bond acceptors (Lipinski definition) is 11. The minimum atomic E-state index is -2.49. The first kappa shape index (κ1) is 29.7. The summed E-state index contributed by atoms with van der Waals surface area (Å²) < 4.78 is 16.9. The highest BCUT2D eigenvalue weighted by Crippen LogP contribution is 2.69. The van der Waals surface area contributed by atoms with E-state index in [-0.39, 0.29) is 18.4 Å². The van der Waals surface area contributed by atoms with Gasteiger partial charge in [-0.05, 0) is 44.9 Å². The molecule has 3 fully saturated rings. The Labute approximate surface area is 237 Å². The number of aliphatic hydroxyl groups excluding tert-OH is 3. The fraction of sp³-hybridized carbons (Fsp3) is 0.633. The standard InChI is InChI=1S/C30H38O11/c1-15-18-12-30(38)25(36)41-26(3,4)28(18,13-19(15)32)23(34)22-27(30,5)20(33)11-21(40-16(2)31)29(22,37)14-39-24(35)17-9-7-6-8-10-17/h6-10,19-23,32-34,37-38H,11-14H2,1-5H3/t19-,20-,21-,22-,23-,27+,28-,29-,30+/m0/s1. The summed E-state index contributed by atoms with van der Waals surface area (Å²) in [5.41, 5.74) is -8.87. The van der Waals surface area contributed by atoms with Gasteiger partial charge in [0.1, 0.15) is 23.9 Å². The van der Waals surface area contributed by atoms with Gasteiger partial charge in [-0.3, -0.25) is 4.79 Å². The normalized spacial score (nSPS) is 42.9. The fourth-order valence-electron chi connectivity index (χ4n) is 8.21. The van der Waals surface area contributed by atoms with Crippen molar-refractivity contribution in [2.24, 2.45) is 16.7 Å². The maximum Gasteiger partial charge on any atom is 0.339 e. The summed E-state index contributed by atoms with van der Waals surface area (Å²) in [5.74, 6) is -4.27. The van der Waals surface area contributed by atoms with E-state index in [1.165, 1.54) is 19.1 Å². The van der Waals surface area contributed by atoms with Crippen LogP contribution in [0.2, 0.25) is 0 Å². The number of esters is 3. The molecule has 5 N–H and O–H groups in total. The predicted molar refractivity (Wildman–Crippen MR) is 141 cm³/mol. The molecule has 11 heteroatoms. The Kier molecular flexibility index (Phi) is 6.75. The molecule has 3 aliphatic carbocycles. The molecule has 9 atom stereocenters. The second-order valence-electron chi connectivity index (χ2n) is 12.8. The van der Waals surface area contributed by atoms with Gasteiger partial charge >= 0.3 is 17.9 Å². The molecule has 224 valence electrons. The van der Waals surface area contributed by atoms with Crippen LogP contribution in [0, 0.1) is 16.7 Å². The Hall–Kier alpha value is -2.83. The van der Waals surface area contributed by atoms with Crippen molar-refractivity contribution in [2.75, 3.05) is 6.61 Å². The Balaban J connectivity index is 1.74. The first-order valence-corrected chi connectivity index (χ1v) is 13.8. The van der Waals surface area contributed by atoms with Crippen LogP contribution in [0.15, 0.2) is 41.5 Å². The van der Waals surface area contributed by atoms with Crippen LogP contribution >= 0.6 is 0 Å². The number of benzene rings is 1. The number of aliphatic hydroxyl groups is 5. The topological polar surface area (TPSA) is 180 Å². The lowest BCUT2D eigenvalue weighted by Crippen LogP contribution is -2.77. The minimum absolute atomic E-state index is 0.105. The van der Waals surface area contributed by atoms with Crippen molar-refractivity contribution in [1.82, 2.24) is 0 Å². The van der Waals surface area contributed by atoms with Crippen molar-refractivity contribution in [3.8, 4) is 0 Å². The van der Waals surface area contributed by atoms with E-state index in [1.54, 1.807) is 39.0 Å². The molecule has 0 amide bonds. The third-order valence-electron chi connectivity index (χ3n) is 10.6. The molecule has 1 heterocycles. The van der Waals surface area contributed by atoms with Crippen LogP contribution in [-0.2, 0) is 23.8 Å². The zero-order valence-corrected chi connectivity index (χ0v) is 23.8. The van der Waals surface area contributed by atoms with Gasteiger partial charge in [-0.1, -0.05) is 30.7 Å². The van der Waals surface area contributed by atoms with Crippen molar-refractivity contribution in [3.63, 3.8) is 0 Å². The van der Waals surface area contributed by atoms with E-state index in [2.05, 4.69) is 0 Å². The number of cyclic esters (lactones) is 1. The van der Waals surface area contributed by atoms with Crippen LogP contribution in [0.3, 0.4) is 0 Å². The van der Waals surface area contributed by atoms with Crippen molar-refractivity contribution in [1.29, 1.82) is 0 Å². The lowest BCUT2D eigenvalue weighted by molar-refractivity contribution is -0.313. The molecule has 0 unspecified atom stereocenters. The van der Waals surface area contributed by atoms with Gasteiger partial charge in [-0.15, -0.1) is 0 Å². The third-order valence-corrected chi connectivity index (χ3v) is 10.6. The molecule has 4 aliphatic rings. The SMILES string of the molecule is CC(=O)O[C@H]1C[C@H](O)[C@]2(C)[C@H]([C@H](O)[C@]34C[C@H](O)C(C)=C3C[C@@]2(O)C(=O)OC4(C)C)[C@]1(O)COC(=O)c1ccccc1. The molecule has 11 nitrogen and oxygen atoms in total. The highest BCUT2D eigenvalue weighted by Gasteiger charge is 2.80. The summed E-state index contributed by atoms with van der Waals surface area (Å²) in [6, 6.07) is 7.98. The lowest BCUT2D eigenvalue weighted by Gasteiger charge is -2.63. The number of ether oxygens (including phenoxy) is 3. The molecule has 5 rings (SSSR count). The Bertz CT molecular complexity index is 1310. The Morgan fingerprint density at radius 3 is 2.32 bits per heavy atom. The summed E-state index contributed by atoms with van der Waals surface area (Å²) >= 11 is 0. The molecule has 41 heavy (non-hydrogen) atoms. The zero-order chi connectivity index (χ0) is 30.3. The van der Waals surface area contributed by atoms with Gasteiger partial charge in [0, 0.05) is 31.1 Å². The van der Waals surface area contributed by atoms with Gasteiger partial charge < -0.3 is 39.7 Å². The molecular weight excluding hydrogens is 536 g/mol. The predicted octanol–water partition coefficient (Wildman–Crippen LogP) is 0.792. The molecule has 0 aromatic heterocycles. The van der Waals surface area contributed by atoms with Crippen LogP contribution in [0.4, 0.5) is 0 Å². The molecule has 0 radical (unpaired) electrons. The largest absolute Gasteiger partial charge is 0.459 e. The highest BCUT2D eigenvalue weighted by molar-refractivity contribution is 5.89. The summed E-state index contributed by atoms with van der Waals surface area (Å²) in [7, 11) is 0. The van der Waals surface area contributed by atoms with Gasteiger partial charge in [-0.2, -0.15) is 0 Å². The average molecular weight is 575 g/mol. The van der Waals surface area contributed by atoms with E-state index >= 15 is 0 Å². The second-order valence-corrected chi connectivity index (χ2v) is 12.8. The first-order chi connectivity index (χ1) is 19.0. The fourth-order valence-corrected chi connectivity index (χ4v) is 8.21. The third kappa shape index (κ3) is 3.79. The van der Waals surface area contributed by atoms with Crippen LogP contribution in [0.5, 0.6) is 0 Å². The lowest BCUT2D eigenvalue weighted by atomic mass is 9.48. The van der Waals surface area contributed by atoms with Crippen LogP contribution < -0.4 is 0 Å². The Morgan fingerprint density at radius 2 is 1.71 bits per heavy atom. The van der Waals surface area contributed by atoms with Crippen LogP contribution in [0.1, 0.15) is 64.2 Å². The van der Waals surface area contributed by atoms with Gasteiger partial charge in [-0.25, -0.2) is 9.59 Å². The maximum absolute atomic E-state index is 13.8. The number of hydrogen-bond donors (Lipinski definition) is 5. The van der Waals surface area contributed by atoms with E-state index < -0.39 is 88.9 Å². The van der Waals surface area contributed by atoms with Crippen LogP contribution in [-0.4, -0.2) is 91.3 Å². The molecule has 1 aromatic carbocycles. The zero-order valence-electron chi connectivity index (χ0n) is 23.8. The van der Waals surface area contributed by atoms with Crippen molar-refractivity contribution < 1.29 is 54.1 Å². The maximum atomic E-state index is 13.8. The highest BCUT2D eigenvalue weighted by atomic mass is 16.6. The van der Waals surface area contributed by atoms with Gasteiger partial charge in [0.05, 0.1) is 29.3 Å². The van der Waals surface area contributed by atoms with Gasteiger partial charge in [0.25, 0.3) is 0 Å². The second kappa shape index (κ2) is 9.34. The van der Waals surface area contributed by atoms with E-state index in [1.807, 2.05) is 0 Å². The summed E-state index contributed by atoms with van der Waals surface area (Å²) in [4.78, 5) is 39.0. The molecule has 2 saturated carbocycles. The van der Waals surface area contributed by atoms with Gasteiger partial charge in [0.2, 0.25) is 0 Å². The monoisotopic (exact) mass is 574 g/mol. The van der Waals surface area contributed by atoms with Crippen molar-refractivity contribution in [2.45, 2.75) is 95.1 Å². The summed E-state index contributed by atoms with van der Waals surface area (Å²) in [5, 5.41) is 60.0. The Morgan fingerprint density at radius 1 is 1.07 bits per heavy atom. The number of fused-ring (bicyclic) bond motifs is 3. The summed E-state index contributed by atoms with van der Waals surface area (Å²) in [6.45, 7) is 6.45. The van der Waals surface area contributed by atoms with E-state index in [0.29, 0.717) is 11.1 Å². The number of carbonyl (C=O) groups excluding carboxylic acids is 3. The van der Waals surface area contributed by atoms with Crippen LogP contribution in [0.25, 0.3) is 0 Å². The van der Waals surface area contributed by atoms with Crippen molar-refractivity contribution in [3.05, 3.63) is 47.0 Å². The number of carbonyl (C=O) groups is 3.